The van der Waals surface area contributed by atoms with Crippen LogP contribution in [0, 0.1) is 5.82 Å². The Balaban J connectivity index is 1.67. The zero-order valence-corrected chi connectivity index (χ0v) is 18.6. The summed E-state index contributed by atoms with van der Waals surface area (Å²) in [5, 5.41) is 19.9. The Morgan fingerprint density at radius 3 is 2.71 bits per heavy atom. The summed E-state index contributed by atoms with van der Waals surface area (Å²) in [6, 6.07) is 11.0. The molecule has 0 aliphatic heterocycles. The molecule has 9 nitrogen and oxygen atoms in total. The molecule has 0 radical (unpaired) electrons. The molecule has 1 aromatic carbocycles. The summed E-state index contributed by atoms with van der Waals surface area (Å²) in [6.07, 6.45) is 4.38. The van der Waals surface area contributed by atoms with Crippen LogP contribution in [0.15, 0.2) is 76.9 Å². The van der Waals surface area contributed by atoms with Gasteiger partial charge in [0.25, 0.3) is 5.56 Å². The molecule has 11 heteroatoms. The molecule has 4 rings (SSSR count). The molecular weight excluding hydrogens is 465 g/mol. The van der Waals surface area contributed by atoms with Gasteiger partial charge in [0.1, 0.15) is 5.82 Å². The van der Waals surface area contributed by atoms with Crippen molar-refractivity contribution >= 4 is 17.5 Å². The second-order valence-electron chi connectivity index (χ2n) is 7.16. The predicted octanol–water partition coefficient (Wildman–Crippen LogP) is 2.96. The van der Waals surface area contributed by atoms with E-state index in [4.69, 9.17) is 16.3 Å². The van der Waals surface area contributed by atoms with Crippen molar-refractivity contribution < 1.29 is 19.4 Å². The monoisotopic (exact) mass is 483 g/mol. The fraction of sp³-hybridized carbons (Fsp3) is 0.130. The van der Waals surface area contributed by atoms with Gasteiger partial charge in [-0.3, -0.25) is 4.79 Å². The Morgan fingerprint density at radius 1 is 1.18 bits per heavy atom. The van der Waals surface area contributed by atoms with E-state index in [2.05, 4.69) is 15.0 Å². The molecule has 174 valence electrons. The summed E-state index contributed by atoms with van der Waals surface area (Å²) in [5.74, 6) is -0.311. The number of hydrogen-bond acceptors (Lipinski definition) is 7. The number of aliphatic hydroxyl groups is 1. The van der Waals surface area contributed by atoms with Gasteiger partial charge in [0.05, 0.1) is 35.8 Å². The first-order valence-electron chi connectivity index (χ1n) is 10.0. The maximum atomic E-state index is 13.9. The van der Waals surface area contributed by atoms with Crippen molar-refractivity contribution in [1.29, 1.82) is 0 Å². The van der Waals surface area contributed by atoms with E-state index in [0.717, 1.165) is 4.73 Å². The summed E-state index contributed by atoms with van der Waals surface area (Å²) in [4.78, 5) is 25.7. The van der Waals surface area contributed by atoms with Crippen molar-refractivity contribution in [3.63, 3.8) is 0 Å². The van der Waals surface area contributed by atoms with Crippen LogP contribution in [0.25, 0.3) is 11.3 Å². The Morgan fingerprint density at radius 2 is 2.00 bits per heavy atom. The van der Waals surface area contributed by atoms with Crippen molar-refractivity contribution in [1.82, 2.24) is 19.3 Å². The highest BCUT2D eigenvalue weighted by atomic mass is 35.5. The molecule has 0 aliphatic rings. The number of halogens is 2. The van der Waals surface area contributed by atoms with Gasteiger partial charge in [0.2, 0.25) is 11.8 Å². The first-order chi connectivity index (χ1) is 16.4. The molecule has 0 bridgehead atoms. The number of benzene rings is 1. The van der Waals surface area contributed by atoms with Crippen LogP contribution in [0.1, 0.15) is 11.6 Å². The Hall–Kier alpha value is -4.02. The summed E-state index contributed by atoms with van der Waals surface area (Å²) < 4.78 is 21.0. The van der Waals surface area contributed by atoms with Crippen molar-refractivity contribution in [3.05, 3.63) is 99.2 Å². The van der Waals surface area contributed by atoms with E-state index in [0.29, 0.717) is 22.2 Å². The average Bonchev–Trinajstić information content (AvgIpc) is 2.84. The molecule has 3 heterocycles. The van der Waals surface area contributed by atoms with Gasteiger partial charge in [-0.05, 0) is 35.9 Å². The number of methoxy groups -OCH3 is 1. The predicted molar refractivity (Wildman–Crippen MR) is 122 cm³/mol. The van der Waals surface area contributed by atoms with Crippen molar-refractivity contribution in [2.75, 3.05) is 13.7 Å². The second kappa shape index (κ2) is 9.86. The SMILES string of the molecule is COc1cc(=Nc2nccc(-c3ccn([C@H](CO)c4ccc(Cl)c(F)c4)c(=O)c3)n2)ccn1O. The molecule has 3 aromatic heterocycles. The lowest BCUT2D eigenvalue weighted by atomic mass is 10.1. The third kappa shape index (κ3) is 4.82. The van der Waals surface area contributed by atoms with Crippen molar-refractivity contribution in [2.45, 2.75) is 6.04 Å². The van der Waals surface area contributed by atoms with Gasteiger partial charge in [0.15, 0.2) is 0 Å². The molecule has 2 N–H and O–H groups in total. The minimum Gasteiger partial charge on any atom is -0.480 e. The maximum Gasteiger partial charge on any atom is 0.251 e. The van der Waals surface area contributed by atoms with Gasteiger partial charge >= 0.3 is 0 Å². The van der Waals surface area contributed by atoms with Gasteiger partial charge in [0, 0.05) is 36.3 Å². The first-order valence-corrected chi connectivity index (χ1v) is 10.4. The largest absolute Gasteiger partial charge is 0.480 e. The smallest absolute Gasteiger partial charge is 0.251 e. The van der Waals surface area contributed by atoms with E-state index in [1.54, 1.807) is 24.3 Å². The lowest BCUT2D eigenvalue weighted by Gasteiger charge is -2.18. The maximum absolute atomic E-state index is 13.9. The van der Waals surface area contributed by atoms with E-state index in [1.807, 2.05) is 0 Å². The molecule has 0 saturated heterocycles. The molecule has 0 unspecified atom stereocenters. The highest BCUT2D eigenvalue weighted by Gasteiger charge is 2.16. The Kier molecular flexibility index (Phi) is 6.71. The van der Waals surface area contributed by atoms with Crippen LogP contribution in [0.4, 0.5) is 10.3 Å². The third-order valence-electron chi connectivity index (χ3n) is 5.05. The number of ether oxygens (including phenoxy) is 1. The molecule has 1 atom stereocenters. The normalized spacial score (nSPS) is 12.5. The lowest BCUT2D eigenvalue weighted by Crippen LogP contribution is -2.27. The molecule has 4 aromatic rings. The Labute approximate surface area is 197 Å². The van der Waals surface area contributed by atoms with Gasteiger partial charge < -0.3 is 19.6 Å². The summed E-state index contributed by atoms with van der Waals surface area (Å²) in [5.41, 5.74) is 0.961. The van der Waals surface area contributed by atoms with E-state index < -0.39 is 24.0 Å². The molecule has 0 spiro atoms. The van der Waals surface area contributed by atoms with Gasteiger partial charge in [-0.25, -0.2) is 19.4 Å². The quantitative estimate of drug-likeness (QED) is 0.407. The highest BCUT2D eigenvalue weighted by Crippen LogP contribution is 2.23. The standard InChI is InChI=1S/C23H19ClFN5O4/c1-34-22-12-16(6-9-30(22)33)27-23-26-7-4-19(28-23)14-5-8-29(21(32)11-14)20(13-31)15-2-3-17(24)18(25)10-15/h2-12,20,31,33H,13H2,1H3/t20-/m1/s1. The number of aliphatic hydroxyl groups excluding tert-OH is 1. The van der Waals surface area contributed by atoms with Crippen LogP contribution in [0.3, 0.4) is 0 Å². The van der Waals surface area contributed by atoms with E-state index in [-0.39, 0.29) is 16.9 Å². The third-order valence-corrected chi connectivity index (χ3v) is 5.35. The first kappa shape index (κ1) is 23.1. The van der Waals surface area contributed by atoms with E-state index >= 15 is 0 Å². The van der Waals surface area contributed by atoms with Gasteiger partial charge in [-0.1, -0.05) is 17.7 Å². The highest BCUT2D eigenvalue weighted by molar-refractivity contribution is 6.30. The zero-order valence-electron chi connectivity index (χ0n) is 17.8. The number of rotatable bonds is 6. The lowest BCUT2D eigenvalue weighted by molar-refractivity contribution is 0.149. The van der Waals surface area contributed by atoms with Crippen LogP contribution in [0.2, 0.25) is 5.02 Å². The van der Waals surface area contributed by atoms with Crippen molar-refractivity contribution in [3.8, 4) is 17.1 Å². The number of pyridine rings is 2. The number of hydrogen-bond donors (Lipinski definition) is 2. The van der Waals surface area contributed by atoms with Crippen LogP contribution in [0.5, 0.6) is 5.88 Å². The minimum absolute atomic E-state index is 0.0439. The van der Waals surface area contributed by atoms with Crippen LogP contribution < -0.4 is 15.7 Å². The molecular formula is C23H19ClFN5O4. The van der Waals surface area contributed by atoms with Gasteiger partial charge in [-0.15, -0.1) is 0 Å². The van der Waals surface area contributed by atoms with Crippen LogP contribution in [-0.2, 0) is 0 Å². The topological polar surface area (TPSA) is 115 Å². The van der Waals surface area contributed by atoms with E-state index in [1.165, 1.54) is 54.5 Å². The summed E-state index contributed by atoms with van der Waals surface area (Å²) >= 11 is 5.74. The van der Waals surface area contributed by atoms with Crippen LogP contribution in [-0.4, -0.2) is 43.3 Å². The minimum atomic E-state index is -0.786. The zero-order chi connectivity index (χ0) is 24.2. The summed E-state index contributed by atoms with van der Waals surface area (Å²) in [7, 11) is 1.41. The Bertz CT molecular complexity index is 1470. The van der Waals surface area contributed by atoms with Gasteiger partial charge in [-0.2, -0.15) is 4.73 Å². The number of nitrogens with zero attached hydrogens (tertiary/aromatic N) is 5. The summed E-state index contributed by atoms with van der Waals surface area (Å²) in [6.45, 7) is -0.411. The molecule has 0 aliphatic carbocycles. The number of aromatic nitrogens is 4. The fourth-order valence-corrected chi connectivity index (χ4v) is 3.46. The van der Waals surface area contributed by atoms with E-state index in [9.17, 15) is 19.5 Å². The molecule has 0 amide bonds. The average molecular weight is 484 g/mol. The fourth-order valence-electron chi connectivity index (χ4n) is 3.34. The molecule has 34 heavy (non-hydrogen) atoms. The molecule has 0 fully saturated rings. The van der Waals surface area contributed by atoms with Crippen molar-refractivity contribution in [2.24, 2.45) is 4.99 Å². The second-order valence-corrected chi connectivity index (χ2v) is 7.57. The van der Waals surface area contributed by atoms with Crippen LogP contribution >= 0.6 is 11.6 Å². The molecule has 0 saturated carbocycles.